The van der Waals surface area contributed by atoms with Gasteiger partial charge < -0.3 is 20.5 Å². The summed E-state index contributed by atoms with van der Waals surface area (Å²) < 4.78 is 11.0. The van der Waals surface area contributed by atoms with Gasteiger partial charge in [0.05, 0.1) is 6.54 Å². The van der Waals surface area contributed by atoms with Gasteiger partial charge in [-0.15, -0.1) is 0 Å². The fourth-order valence-electron chi connectivity index (χ4n) is 4.44. The second kappa shape index (κ2) is 8.93. The Morgan fingerprint density at radius 1 is 1.33 bits per heavy atom. The third-order valence-corrected chi connectivity index (χ3v) is 5.77. The van der Waals surface area contributed by atoms with E-state index in [1.807, 2.05) is 6.92 Å². The van der Waals surface area contributed by atoms with Crippen molar-refractivity contribution in [3.05, 3.63) is 40.2 Å². The number of hydrogen-bond donors (Lipinski definition) is 4. The summed E-state index contributed by atoms with van der Waals surface area (Å²) in [5.74, 6) is 0.151. The summed E-state index contributed by atoms with van der Waals surface area (Å²) in [6.45, 7) is 3.16. The zero-order chi connectivity index (χ0) is 21.1. The molecule has 0 radical (unpaired) electrons. The molecule has 1 aromatic carbocycles. The number of anilines is 1. The van der Waals surface area contributed by atoms with Gasteiger partial charge in [-0.1, -0.05) is 6.07 Å². The van der Waals surface area contributed by atoms with Crippen molar-refractivity contribution in [2.24, 2.45) is 10.7 Å². The molecule has 1 aromatic rings. The molecule has 162 valence electrons. The molecule has 1 aliphatic heterocycles. The number of ether oxygens (including phenoxy) is 2. The molecule has 0 bridgehead atoms. The van der Waals surface area contributed by atoms with Crippen LogP contribution in [0.3, 0.4) is 0 Å². The van der Waals surface area contributed by atoms with Gasteiger partial charge >= 0.3 is 6.03 Å². The summed E-state index contributed by atoms with van der Waals surface area (Å²) in [6, 6.07) is 1.75. The maximum atomic E-state index is 12.7. The van der Waals surface area contributed by atoms with Gasteiger partial charge in [0.15, 0.2) is 5.70 Å². The maximum Gasteiger partial charge on any atom is 0.339 e. The average Bonchev–Trinajstić information content (AvgIpc) is 3.39. The van der Waals surface area contributed by atoms with Crippen molar-refractivity contribution in [3.63, 3.8) is 0 Å². The lowest BCUT2D eigenvalue weighted by Gasteiger charge is -2.26. The number of aryl methyl sites for hydroxylation is 2. The van der Waals surface area contributed by atoms with Crippen LogP contribution in [0.2, 0.25) is 0 Å². The van der Waals surface area contributed by atoms with Crippen molar-refractivity contribution < 1.29 is 19.5 Å². The van der Waals surface area contributed by atoms with Gasteiger partial charge in [0.2, 0.25) is 5.90 Å². The first-order valence-corrected chi connectivity index (χ1v) is 10.5. The normalized spacial score (nSPS) is 20.1. The van der Waals surface area contributed by atoms with Crippen LogP contribution < -0.4 is 16.5 Å². The van der Waals surface area contributed by atoms with E-state index < -0.39 is 6.03 Å². The van der Waals surface area contributed by atoms with Gasteiger partial charge in [0.1, 0.15) is 12.7 Å². The number of carbonyl (C=O) groups excluding carboxylic acids is 1. The highest BCUT2D eigenvalue weighted by Gasteiger charge is 2.27. The second-order valence-electron chi connectivity index (χ2n) is 7.70. The first-order chi connectivity index (χ1) is 14.6. The van der Waals surface area contributed by atoms with Crippen LogP contribution in [0.25, 0.3) is 0 Å². The van der Waals surface area contributed by atoms with Crippen molar-refractivity contribution in [2.75, 3.05) is 25.1 Å². The van der Waals surface area contributed by atoms with E-state index in [0.29, 0.717) is 24.9 Å². The predicted octanol–water partition coefficient (Wildman–Crippen LogP) is 2.03. The smallest absolute Gasteiger partial charge is 0.339 e. The zero-order valence-corrected chi connectivity index (χ0v) is 17.2. The fraction of sp³-hybridized carbons (Fsp3) is 0.524. The monoisotopic (exact) mass is 415 g/mol. The molecule has 1 heterocycles. The molecule has 0 saturated heterocycles. The molecule has 4 rings (SSSR count). The van der Waals surface area contributed by atoms with Gasteiger partial charge in [-0.2, -0.15) is 5.17 Å². The number of hydrogen-bond acceptors (Lipinski definition) is 7. The summed E-state index contributed by atoms with van der Waals surface area (Å²) in [5, 5.41) is 13.9. The van der Waals surface area contributed by atoms with Crippen molar-refractivity contribution in [3.8, 4) is 0 Å². The number of urea groups is 1. The molecule has 1 atom stereocenters. The van der Waals surface area contributed by atoms with Gasteiger partial charge in [-0.05, 0) is 67.7 Å². The first kappa shape index (κ1) is 20.5. The number of amides is 2. The van der Waals surface area contributed by atoms with E-state index in [9.17, 15) is 10.0 Å². The predicted molar refractivity (Wildman–Crippen MR) is 112 cm³/mol. The lowest BCUT2D eigenvalue weighted by molar-refractivity contribution is -0.0841. The molecule has 9 heteroatoms. The third kappa shape index (κ3) is 4.08. The average molecular weight is 415 g/mol. The fourth-order valence-corrected chi connectivity index (χ4v) is 4.44. The third-order valence-electron chi connectivity index (χ3n) is 5.77. The number of benzene rings is 1. The number of fused-ring (bicyclic) bond motifs is 2. The number of hydrazine groups is 1. The van der Waals surface area contributed by atoms with E-state index in [0.717, 1.165) is 50.4 Å². The number of nitrogens with zero attached hydrogens (tertiary/aromatic N) is 2. The second-order valence-corrected chi connectivity index (χ2v) is 7.70. The van der Waals surface area contributed by atoms with E-state index in [1.54, 1.807) is 0 Å². The van der Waals surface area contributed by atoms with Gasteiger partial charge in [0.25, 0.3) is 0 Å². The minimum atomic E-state index is -0.546. The molecule has 2 aliphatic carbocycles. The molecule has 0 aromatic heterocycles. The van der Waals surface area contributed by atoms with Crippen LogP contribution in [-0.4, -0.2) is 48.2 Å². The quantitative estimate of drug-likeness (QED) is 0.528. The molecular weight excluding hydrogens is 386 g/mol. The summed E-state index contributed by atoms with van der Waals surface area (Å²) in [4.78, 5) is 16.9. The van der Waals surface area contributed by atoms with Crippen LogP contribution in [-0.2, 0) is 35.2 Å². The molecule has 0 unspecified atom stereocenters. The van der Waals surface area contributed by atoms with E-state index in [-0.39, 0.29) is 17.7 Å². The van der Waals surface area contributed by atoms with Crippen LogP contribution >= 0.6 is 0 Å². The van der Waals surface area contributed by atoms with Crippen LogP contribution in [0.4, 0.5) is 10.5 Å². The lowest BCUT2D eigenvalue weighted by Crippen LogP contribution is -2.45. The Balaban J connectivity index is 1.43. The lowest BCUT2D eigenvalue weighted by atomic mass is 9.99. The summed E-state index contributed by atoms with van der Waals surface area (Å²) >= 11 is 0. The van der Waals surface area contributed by atoms with Crippen molar-refractivity contribution in [1.29, 1.82) is 0 Å². The Hall–Kier alpha value is -2.78. The molecule has 0 saturated carbocycles. The number of nitrogens with two attached hydrogens (primary N) is 1. The number of carbonyl (C=O) groups is 1. The summed E-state index contributed by atoms with van der Waals surface area (Å²) in [6.07, 6.45) is 7.21. The molecule has 9 nitrogen and oxygen atoms in total. The highest BCUT2D eigenvalue weighted by Crippen LogP contribution is 2.38. The molecule has 2 amide bonds. The Bertz CT molecular complexity index is 850. The summed E-state index contributed by atoms with van der Waals surface area (Å²) in [7, 11) is 0. The van der Waals surface area contributed by atoms with Gasteiger partial charge in [-0.25, -0.2) is 15.2 Å². The van der Waals surface area contributed by atoms with Crippen LogP contribution in [0, 0.1) is 0 Å². The molecular formula is C21H29N5O4. The first-order valence-electron chi connectivity index (χ1n) is 10.5. The number of nitrogens with one attached hydrogen (secondary N) is 2. The van der Waals surface area contributed by atoms with Crippen LogP contribution in [0.1, 0.15) is 42.0 Å². The van der Waals surface area contributed by atoms with E-state index in [2.05, 4.69) is 21.8 Å². The number of hydroxylamine groups is 1. The molecule has 0 spiro atoms. The van der Waals surface area contributed by atoms with Gasteiger partial charge in [0, 0.05) is 18.5 Å². The molecule has 3 aliphatic rings. The summed E-state index contributed by atoms with van der Waals surface area (Å²) in [5.41, 5.74) is 14.1. The minimum absolute atomic E-state index is 0.0589. The molecule has 0 fully saturated rings. The zero-order valence-electron chi connectivity index (χ0n) is 17.2. The van der Waals surface area contributed by atoms with Crippen molar-refractivity contribution in [2.45, 2.75) is 51.6 Å². The topological polar surface area (TPSA) is 121 Å². The van der Waals surface area contributed by atoms with Crippen LogP contribution in [0.5, 0.6) is 0 Å². The number of rotatable bonds is 6. The maximum absolute atomic E-state index is 12.7. The highest BCUT2D eigenvalue weighted by atomic mass is 16.6. The largest absolute Gasteiger partial charge is 0.473 e. The standard InChI is InChI=1S/C21H29N5O4/c1-2-29-15-11-23-20(30-12-15)18(10-22)26(28)25-21(27)24-19-16-7-3-5-13(16)9-14-6-4-8-17(14)19/h9-10,15,28H,2-8,11-12,22H2,1H3,(H2,24,25,27)/t15-/m1/s1. The Labute approximate surface area is 175 Å². The van der Waals surface area contributed by atoms with Crippen molar-refractivity contribution >= 4 is 17.6 Å². The van der Waals surface area contributed by atoms with Crippen LogP contribution in [0.15, 0.2) is 23.0 Å². The molecule has 30 heavy (non-hydrogen) atoms. The van der Waals surface area contributed by atoms with Crippen molar-refractivity contribution in [1.82, 2.24) is 10.6 Å². The Morgan fingerprint density at radius 3 is 2.60 bits per heavy atom. The Morgan fingerprint density at radius 2 is 2.03 bits per heavy atom. The van der Waals surface area contributed by atoms with E-state index >= 15 is 0 Å². The molecule has 5 N–H and O–H groups in total. The van der Waals surface area contributed by atoms with Gasteiger partial charge in [-0.3, -0.25) is 5.21 Å². The number of aliphatic imine (C=N–C) groups is 1. The highest BCUT2D eigenvalue weighted by molar-refractivity contribution is 5.95. The van der Waals surface area contributed by atoms with E-state index in [1.165, 1.54) is 22.3 Å². The minimum Gasteiger partial charge on any atom is -0.473 e. The van der Waals surface area contributed by atoms with E-state index in [4.69, 9.17) is 15.2 Å². The Kier molecular flexibility index (Phi) is 6.10. The SMILES string of the molecule is CCO[C@@H]1CN=C(C(=CN)N(O)NC(=O)Nc2c3c(cc4c2CCC4)CCC3)OC1.